The summed E-state index contributed by atoms with van der Waals surface area (Å²) in [6.07, 6.45) is 3.48. The molecule has 0 aromatic heterocycles. The Balaban J connectivity index is 2.85. The number of aliphatic carboxylic acids is 1. The van der Waals surface area contributed by atoms with E-state index < -0.39 is 53.8 Å². The number of nitrogens with one attached hydrogen (secondary N) is 2. The average Bonchev–Trinajstić information content (AvgIpc) is 3.30. The fraction of sp³-hybridized carbons (Fsp3) is 0.714. The molecule has 0 saturated carbocycles. The Labute approximate surface area is 214 Å². The van der Waals surface area contributed by atoms with Crippen LogP contribution in [-0.4, -0.2) is 94.8 Å². The lowest BCUT2D eigenvalue weighted by Gasteiger charge is -2.30. The van der Waals surface area contributed by atoms with Crippen molar-refractivity contribution in [3.8, 4) is 0 Å². The third-order valence-electron chi connectivity index (χ3n) is 5.66. The van der Waals surface area contributed by atoms with Crippen LogP contribution in [0, 0.1) is 0 Å². The first-order valence-electron chi connectivity index (χ1n) is 11.7. The molecule has 4 atom stereocenters. The molecule has 0 aliphatic carbocycles. The largest absolute Gasteiger partial charge is 0.480 e. The number of carbonyl (C=O) groups excluding carboxylic acids is 4. The summed E-state index contributed by atoms with van der Waals surface area (Å²) in [5.74, 6) is -3.04. The second-order valence-corrected chi connectivity index (χ2v) is 9.48. The van der Waals surface area contributed by atoms with Gasteiger partial charge in [-0.1, -0.05) is 0 Å². The van der Waals surface area contributed by atoms with Gasteiger partial charge >= 0.3 is 5.97 Å². The summed E-state index contributed by atoms with van der Waals surface area (Å²) >= 11 is 1.50. The van der Waals surface area contributed by atoms with Gasteiger partial charge < -0.3 is 43.6 Å². The lowest BCUT2D eigenvalue weighted by molar-refractivity contribution is -0.145. The summed E-state index contributed by atoms with van der Waals surface area (Å²) in [5.41, 5.74) is 21.6. The van der Waals surface area contributed by atoms with E-state index in [1.54, 1.807) is 0 Å². The number of rotatable bonds is 16. The van der Waals surface area contributed by atoms with Gasteiger partial charge in [-0.15, -0.1) is 0 Å². The van der Waals surface area contributed by atoms with Crippen molar-refractivity contribution in [1.29, 1.82) is 0 Å². The van der Waals surface area contributed by atoms with Gasteiger partial charge in [0.25, 0.3) is 0 Å². The number of guanidine groups is 1. The lowest BCUT2D eigenvalue weighted by Crippen LogP contribution is -2.57. The van der Waals surface area contributed by atoms with Crippen molar-refractivity contribution in [3.05, 3.63) is 0 Å². The molecule has 0 aromatic rings. The molecule has 204 valence electrons. The molecule has 4 amide bonds. The quantitative estimate of drug-likeness (QED) is 0.0624. The smallest absolute Gasteiger partial charge is 0.326 e. The van der Waals surface area contributed by atoms with E-state index in [9.17, 15) is 29.1 Å². The topological polar surface area (TPSA) is 249 Å². The summed E-state index contributed by atoms with van der Waals surface area (Å²) in [7, 11) is 0. The van der Waals surface area contributed by atoms with Crippen molar-refractivity contribution in [2.75, 3.05) is 25.1 Å². The average molecular weight is 531 g/mol. The van der Waals surface area contributed by atoms with Crippen molar-refractivity contribution in [1.82, 2.24) is 15.5 Å². The molecule has 36 heavy (non-hydrogen) atoms. The van der Waals surface area contributed by atoms with Crippen LogP contribution in [0.3, 0.4) is 0 Å². The zero-order valence-corrected chi connectivity index (χ0v) is 21.3. The summed E-state index contributed by atoms with van der Waals surface area (Å²) in [4.78, 5) is 66.6. The number of primary amides is 1. The Hall–Kier alpha value is -3.07. The fourth-order valence-electron chi connectivity index (χ4n) is 3.74. The van der Waals surface area contributed by atoms with Gasteiger partial charge in [-0.3, -0.25) is 24.2 Å². The van der Waals surface area contributed by atoms with Crippen molar-refractivity contribution in [2.45, 2.75) is 69.1 Å². The summed E-state index contributed by atoms with van der Waals surface area (Å²) in [6, 6.07) is -3.98. The number of hydrogen-bond acceptors (Lipinski definition) is 8. The molecule has 0 bridgehead atoms. The van der Waals surface area contributed by atoms with E-state index in [0.717, 1.165) is 0 Å². The van der Waals surface area contributed by atoms with E-state index in [0.29, 0.717) is 44.4 Å². The maximum atomic E-state index is 13.4. The van der Waals surface area contributed by atoms with Gasteiger partial charge in [-0.2, -0.15) is 11.8 Å². The standard InChI is InChI=1S/C21H38N8O6S/c1-36-11-8-13(27-17(31)12(22)4-2-9-26-21(24)25)19(33)29-10-3-5-15(29)18(32)28-14(20(34)35)6-7-16(23)30/h12-15H,2-11,22H2,1H3,(H2,23,30)(H,27,31)(H,28,32)(H,34,35)(H4,24,25,26). The van der Waals surface area contributed by atoms with E-state index in [4.69, 9.17) is 22.9 Å². The molecule has 14 nitrogen and oxygen atoms in total. The zero-order chi connectivity index (χ0) is 27.3. The van der Waals surface area contributed by atoms with Gasteiger partial charge in [0.15, 0.2) is 5.96 Å². The zero-order valence-electron chi connectivity index (χ0n) is 20.5. The lowest BCUT2D eigenvalue weighted by atomic mass is 10.1. The van der Waals surface area contributed by atoms with Gasteiger partial charge in [0.05, 0.1) is 6.04 Å². The summed E-state index contributed by atoms with van der Waals surface area (Å²) < 4.78 is 0. The van der Waals surface area contributed by atoms with Crippen molar-refractivity contribution in [2.24, 2.45) is 27.9 Å². The molecule has 1 heterocycles. The number of nitrogens with two attached hydrogens (primary N) is 4. The molecule has 1 saturated heterocycles. The van der Waals surface area contributed by atoms with E-state index in [1.165, 1.54) is 16.7 Å². The number of amides is 4. The van der Waals surface area contributed by atoms with E-state index in [-0.39, 0.29) is 25.3 Å². The van der Waals surface area contributed by atoms with Crippen LogP contribution >= 0.6 is 11.8 Å². The molecule has 15 heteroatoms. The number of thioether (sulfide) groups is 1. The first-order valence-corrected chi connectivity index (χ1v) is 13.1. The van der Waals surface area contributed by atoms with Crippen LogP contribution in [0.25, 0.3) is 0 Å². The highest BCUT2D eigenvalue weighted by Gasteiger charge is 2.39. The van der Waals surface area contributed by atoms with Gasteiger partial charge in [-0.05, 0) is 50.5 Å². The Morgan fingerprint density at radius 1 is 1.08 bits per heavy atom. The van der Waals surface area contributed by atoms with E-state index >= 15 is 0 Å². The Kier molecular flexibility index (Phi) is 13.6. The molecule has 1 aliphatic rings. The van der Waals surface area contributed by atoms with Crippen molar-refractivity contribution < 1.29 is 29.1 Å². The predicted molar refractivity (Wildman–Crippen MR) is 136 cm³/mol. The highest BCUT2D eigenvalue weighted by molar-refractivity contribution is 7.98. The molecule has 0 aromatic carbocycles. The van der Waals surface area contributed by atoms with Crippen LogP contribution in [0.2, 0.25) is 0 Å². The van der Waals surface area contributed by atoms with Crippen molar-refractivity contribution in [3.63, 3.8) is 0 Å². The second kappa shape index (κ2) is 15.8. The molecular weight excluding hydrogens is 492 g/mol. The molecule has 11 N–H and O–H groups in total. The number of carbonyl (C=O) groups is 5. The highest BCUT2D eigenvalue weighted by Crippen LogP contribution is 2.20. The molecule has 0 spiro atoms. The summed E-state index contributed by atoms with van der Waals surface area (Å²) in [6.45, 7) is 0.603. The SMILES string of the molecule is CSCCC(NC(=O)C(N)CCCN=C(N)N)C(=O)N1CCCC1C(=O)NC(CCC(N)=O)C(=O)O. The Morgan fingerprint density at radius 3 is 2.36 bits per heavy atom. The van der Waals surface area contributed by atoms with Crippen LogP contribution in [0.5, 0.6) is 0 Å². The second-order valence-electron chi connectivity index (χ2n) is 8.49. The third kappa shape index (κ3) is 10.7. The van der Waals surface area contributed by atoms with Crippen LogP contribution in [0.1, 0.15) is 44.9 Å². The normalized spacial score (nSPS) is 17.5. The molecular formula is C21H38N8O6S. The Bertz CT molecular complexity index is 822. The van der Waals surface area contributed by atoms with Crippen LogP contribution in [0.4, 0.5) is 0 Å². The van der Waals surface area contributed by atoms with Crippen LogP contribution in [0.15, 0.2) is 4.99 Å². The maximum Gasteiger partial charge on any atom is 0.326 e. The highest BCUT2D eigenvalue weighted by atomic mass is 32.2. The first-order chi connectivity index (χ1) is 17.0. The number of carboxylic acids is 1. The fourth-order valence-corrected chi connectivity index (χ4v) is 4.21. The predicted octanol–water partition coefficient (Wildman–Crippen LogP) is -2.57. The molecule has 1 aliphatic heterocycles. The third-order valence-corrected chi connectivity index (χ3v) is 6.31. The van der Waals surface area contributed by atoms with Crippen molar-refractivity contribution >= 4 is 47.3 Å². The number of nitrogens with zero attached hydrogens (tertiary/aromatic N) is 2. The van der Waals surface area contributed by atoms with Gasteiger partial charge in [-0.25, -0.2) is 4.79 Å². The minimum Gasteiger partial charge on any atom is -0.480 e. The van der Waals surface area contributed by atoms with E-state index in [2.05, 4.69) is 15.6 Å². The Morgan fingerprint density at radius 2 is 1.78 bits per heavy atom. The van der Waals surface area contributed by atoms with Gasteiger partial charge in [0.2, 0.25) is 23.6 Å². The molecule has 1 fully saturated rings. The minimum absolute atomic E-state index is 0.0532. The number of aliphatic imine (C=N–C) groups is 1. The van der Waals surface area contributed by atoms with Crippen LogP contribution in [-0.2, 0) is 24.0 Å². The minimum atomic E-state index is -1.31. The summed E-state index contributed by atoms with van der Waals surface area (Å²) in [5, 5.41) is 14.5. The molecule has 4 unspecified atom stereocenters. The number of hydrogen-bond donors (Lipinski definition) is 7. The number of likely N-dealkylation sites (tertiary alicyclic amines) is 1. The first kappa shape index (κ1) is 31.0. The molecule has 0 radical (unpaired) electrons. The van der Waals surface area contributed by atoms with Gasteiger partial charge in [0.1, 0.15) is 18.1 Å². The number of carboxylic acid groups (broad SMARTS) is 1. The van der Waals surface area contributed by atoms with E-state index in [1.807, 2.05) is 6.26 Å². The monoisotopic (exact) mass is 530 g/mol. The van der Waals surface area contributed by atoms with Gasteiger partial charge in [0, 0.05) is 19.5 Å². The molecule has 1 rings (SSSR count). The van der Waals surface area contributed by atoms with Crippen LogP contribution < -0.4 is 33.6 Å². The maximum absolute atomic E-state index is 13.4.